The molecule has 0 bridgehead atoms. The summed E-state index contributed by atoms with van der Waals surface area (Å²) in [5, 5.41) is 0. The summed E-state index contributed by atoms with van der Waals surface area (Å²) in [7, 11) is 0. The Bertz CT molecular complexity index is 433. The van der Waals surface area contributed by atoms with E-state index in [1.807, 2.05) is 0 Å². The Morgan fingerprint density at radius 2 is 1.40 bits per heavy atom. The van der Waals surface area contributed by atoms with E-state index >= 15 is 0 Å². The van der Waals surface area contributed by atoms with Crippen LogP contribution in [0.3, 0.4) is 0 Å². The molecular weight excluding hydrogens is 308 g/mol. The smallest absolute Gasteiger partial charge is 0.312 e. The van der Waals surface area contributed by atoms with Crippen LogP contribution in [0.25, 0.3) is 0 Å². The van der Waals surface area contributed by atoms with Crippen molar-refractivity contribution in [2.45, 2.75) is 107 Å². The van der Waals surface area contributed by atoms with Crippen LogP contribution in [0.4, 0.5) is 0 Å². The maximum Gasteiger partial charge on any atom is 0.312 e. The zero-order valence-corrected chi connectivity index (χ0v) is 18.7. The van der Waals surface area contributed by atoms with Gasteiger partial charge in [0.2, 0.25) is 0 Å². The molecule has 0 N–H and O–H groups in total. The predicted octanol–water partition coefficient (Wildman–Crippen LogP) is 6.87. The molecule has 0 amide bonds. The third-order valence-corrected chi connectivity index (χ3v) is 7.47. The number of esters is 1. The topological polar surface area (TPSA) is 26.3 Å². The van der Waals surface area contributed by atoms with Crippen LogP contribution in [-0.2, 0) is 9.53 Å². The fourth-order valence-electron chi connectivity index (χ4n) is 4.20. The third kappa shape index (κ3) is 5.23. The van der Waals surface area contributed by atoms with Crippen molar-refractivity contribution in [3.05, 3.63) is 0 Å². The standard InChI is InChI=1S/C23H44O2/c1-16(2)15-23(10,17(3)4)20(24)25-19-13-11-18(12-14-19)22(8,9)21(5,6)7/h16-19H,11-15H2,1-10H3. The number of hydrogen-bond acceptors (Lipinski definition) is 2. The van der Waals surface area contributed by atoms with Gasteiger partial charge in [-0.25, -0.2) is 0 Å². The molecule has 2 heteroatoms. The van der Waals surface area contributed by atoms with Gasteiger partial charge in [-0.15, -0.1) is 0 Å². The number of rotatable bonds is 6. The van der Waals surface area contributed by atoms with Gasteiger partial charge >= 0.3 is 5.97 Å². The summed E-state index contributed by atoms with van der Waals surface area (Å²) in [5.41, 5.74) is 0.246. The Morgan fingerprint density at radius 1 is 0.920 bits per heavy atom. The van der Waals surface area contributed by atoms with Gasteiger partial charge in [0.15, 0.2) is 0 Å². The lowest BCUT2D eigenvalue weighted by molar-refractivity contribution is -0.167. The van der Waals surface area contributed by atoms with Crippen LogP contribution in [0.5, 0.6) is 0 Å². The number of carbonyl (C=O) groups is 1. The normalized spacial score (nSPS) is 25.1. The van der Waals surface area contributed by atoms with Crippen molar-refractivity contribution in [3.8, 4) is 0 Å². The molecule has 25 heavy (non-hydrogen) atoms. The van der Waals surface area contributed by atoms with E-state index in [1.54, 1.807) is 0 Å². The lowest BCUT2D eigenvalue weighted by Crippen LogP contribution is -2.42. The lowest BCUT2D eigenvalue weighted by Gasteiger charge is -2.47. The lowest BCUT2D eigenvalue weighted by atomic mass is 9.58. The summed E-state index contributed by atoms with van der Waals surface area (Å²) >= 11 is 0. The molecule has 1 unspecified atom stereocenters. The van der Waals surface area contributed by atoms with Gasteiger partial charge in [0.25, 0.3) is 0 Å². The second-order valence-electron chi connectivity index (χ2n) is 11.0. The van der Waals surface area contributed by atoms with E-state index < -0.39 is 0 Å². The molecule has 1 saturated carbocycles. The van der Waals surface area contributed by atoms with Gasteiger partial charge in [0.05, 0.1) is 5.41 Å². The summed E-state index contributed by atoms with van der Waals surface area (Å²) in [6, 6.07) is 0. The molecule has 1 aliphatic carbocycles. The first-order chi connectivity index (χ1) is 11.2. The molecule has 0 spiro atoms. The fraction of sp³-hybridized carbons (Fsp3) is 0.957. The maximum absolute atomic E-state index is 12.9. The number of carbonyl (C=O) groups excluding carboxylic acids is 1. The van der Waals surface area contributed by atoms with E-state index in [-0.39, 0.29) is 17.5 Å². The van der Waals surface area contributed by atoms with Gasteiger partial charge in [-0.1, -0.05) is 62.3 Å². The molecule has 148 valence electrons. The van der Waals surface area contributed by atoms with Crippen molar-refractivity contribution in [2.24, 2.45) is 34.0 Å². The van der Waals surface area contributed by atoms with Crippen molar-refractivity contribution in [1.29, 1.82) is 0 Å². The first-order valence-electron chi connectivity index (χ1n) is 10.4. The van der Waals surface area contributed by atoms with Crippen LogP contribution >= 0.6 is 0 Å². The van der Waals surface area contributed by atoms with E-state index in [4.69, 9.17) is 4.74 Å². The van der Waals surface area contributed by atoms with Crippen molar-refractivity contribution >= 4 is 5.97 Å². The molecule has 0 aromatic rings. The predicted molar refractivity (Wildman–Crippen MR) is 107 cm³/mol. The second-order valence-corrected chi connectivity index (χ2v) is 11.0. The molecule has 0 aromatic carbocycles. The minimum Gasteiger partial charge on any atom is -0.462 e. The summed E-state index contributed by atoms with van der Waals surface area (Å²) in [6.45, 7) is 22.6. The summed E-state index contributed by atoms with van der Waals surface area (Å²) in [5.74, 6) is 1.55. The highest BCUT2D eigenvalue weighted by Crippen LogP contribution is 2.49. The van der Waals surface area contributed by atoms with Gasteiger partial charge < -0.3 is 4.74 Å². The number of hydrogen-bond donors (Lipinski definition) is 0. The number of ether oxygens (including phenoxy) is 1. The Balaban J connectivity index is 2.68. The van der Waals surface area contributed by atoms with Gasteiger partial charge in [0.1, 0.15) is 6.10 Å². The van der Waals surface area contributed by atoms with Crippen molar-refractivity contribution in [3.63, 3.8) is 0 Å². The molecule has 0 aliphatic heterocycles. The molecule has 1 atom stereocenters. The van der Waals surface area contributed by atoms with Crippen molar-refractivity contribution < 1.29 is 9.53 Å². The molecule has 0 radical (unpaired) electrons. The zero-order valence-electron chi connectivity index (χ0n) is 18.7. The maximum atomic E-state index is 12.9. The van der Waals surface area contributed by atoms with Crippen molar-refractivity contribution in [1.82, 2.24) is 0 Å². The quantitative estimate of drug-likeness (QED) is 0.487. The van der Waals surface area contributed by atoms with E-state index in [2.05, 4.69) is 69.2 Å². The monoisotopic (exact) mass is 352 g/mol. The highest BCUT2D eigenvalue weighted by Gasteiger charge is 2.43. The first-order valence-corrected chi connectivity index (χ1v) is 10.4. The Hall–Kier alpha value is -0.530. The molecule has 1 rings (SSSR count). The zero-order chi connectivity index (χ0) is 19.6. The van der Waals surface area contributed by atoms with E-state index in [9.17, 15) is 4.79 Å². The second kappa shape index (κ2) is 8.01. The van der Waals surface area contributed by atoms with Crippen LogP contribution in [0.1, 0.15) is 101 Å². The van der Waals surface area contributed by atoms with Crippen LogP contribution in [0.15, 0.2) is 0 Å². The largest absolute Gasteiger partial charge is 0.462 e. The highest BCUT2D eigenvalue weighted by atomic mass is 16.5. The van der Waals surface area contributed by atoms with E-state index in [0.29, 0.717) is 22.7 Å². The minimum atomic E-state index is -0.365. The molecular formula is C23H44O2. The van der Waals surface area contributed by atoms with Crippen LogP contribution in [-0.4, -0.2) is 12.1 Å². The Morgan fingerprint density at radius 3 is 1.76 bits per heavy atom. The molecule has 0 aromatic heterocycles. The molecule has 0 heterocycles. The Kier molecular flexibility index (Phi) is 7.21. The molecule has 1 aliphatic rings. The summed E-state index contributed by atoms with van der Waals surface area (Å²) in [4.78, 5) is 12.9. The van der Waals surface area contributed by atoms with Crippen LogP contribution in [0.2, 0.25) is 0 Å². The Labute approximate surface area is 157 Å². The average molecular weight is 353 g/mol. The average Bonchev–Trinajstić information content (AvgIpc) is 2.45. The first kappa shape index (κ1) is 22.5. The van der Waals surface area contributed by atoms with Gasteiger partial charge in [-0.05, 0) is 67.6 Å². The molecule has 1 fully saturated rings. The molecule has 0 saturated heterocycles. The minimum absolute atomic E-state index is 0.0229. The van der Waals surface area contributed by atoms with Gasteiger partial charge in [-0.3, -0.25) is 4.79 Å². The van der Waals surface area contributed by atoms with Gasteiger partial charge in [-0.2, -0.15) is 0 Å². The third-order valence-electron chi connectivity index (χ3n) is 7.47. The van der Waals surface area contributed by atoms with E-state index in [0.717, 1.165) is 25.2 Å². The SMILES string of the molecule is CC(C)CC(C)(C(=O)OC1CCC(C(C)(C)C(C)(C)C)CC1)C(C)C. The van der Waals surface area contributed by atoms with Gasteiger partial charge in [0, 0.05) is 0 Å². The van der Waals surface area contributed by atoms with E-state index in [1.165, 1.54) is 12.8 Å². The molecule has 2 nitrogen and oxygen atoms in total. The highest BCUT2D eigenvalue weighted by molar-refractivity contribution is 5.77. The summed E-state index contributed by atoms with van der Waals surface area (Å²) in [6.07, 6.45) is 5.40. The van der Waals surface area contributed by atoms with Crippen molar-refractivity contribution in [2.75, 3.05) is 0 Å². The van der Waals surface area contributed by atoms with Crippen LogP contribution < -0.4 is 0 Å². The van der Waals surface area contributed by atoms with Crippen LogP contribution in [0, 0.1) is 34.0 Å². The summed E-state index contributed by atoms with van der Waals surface area (Å²) < 4.78 is 6.03. The fourth-order valence-corrected chi connectivity index (χ4v) is 4.20.